The lowest BCUT2D eigenvalue weighted by molar-refractivity contribution is 0.0872. The Morgan fingerprint density at radius 1 is 1.38 bits per heavy atom. The highest BCUT2D eigenvalue weighted by Gasteiger charge is 2.26. The van der Waals surface area contributed by atoms with Crippen molar-refractivity contribution in [2.24, 2.45) is 0 Å². The summed E-state index contributed by atoms with van der Waals surface area (Å²) in [7, 11) is 0. The highest BCUT2D eigenvalue weighted by molar-refractivity contribution is 5.67. The number of nitrogens with zero attached hydrogens (tertiary/aromatic N) is 1. The summed E-state index contributed by atoms with van der Waals surface area (Å²) in [6, 6.07) is 3.23. The van der Waals surface area contributed by atoms with E-state index in [-0.39, 0.29) is 18.2 Å². The first kappa shape index (κ1) is 18.6. The Balaban J connectivity index is 1.85. The van der Waals surface area contributed by atoms with E-state index >= 15 is 0 Å². The molecule has 1 saturated heterocycles. The molecule has 1 aromatic rings. The summed E-state index contributed by atoms with van der Waals surface area (Å²) in [6.45, 7) is 5.10. The van der Waals surface area contributed by atoms with E-state index in [1.807, 2.05) is 0 Å². The molecule has 1 aliphatic heterocycles. The predicted octanol–water partition coefficient (Wildman–Crippen LogP) is 2.60. The molecule has 1 heterocycles. The Labute approximate surface area is 140 Å². The second kappa shape index (κ2) is 8.39. The molecule has 2 rings (SSSR count). The van der Waals surface area contributed by atoms with Gasteiger partial charge in [-0.25, -0.2) is 13.6 Å². The number of hydrogen-bond acceptors (Lipinski definition) is 4. The topological polar surface area (TPSA) is 61.8 Å². The van der Waals surface area contributed by atoms with Crippen LogP contribution in [0.2, 0.25) is 0 Å². The molecule has 1 amide bonds. The molecular formula is C17H24F2N2O3. The average Bonchev–Trinajstić information content (AvgIpc) is 2.57. The van der Waals surface area contributed by atoms with Crippen molar-refractivity contribution in [1.82, 2.24) is 10.2 Å². The van der Waals surface area contributed by atoms with Crippen molar-refractivity contribution in [3.05, 3.63) is 35.4 Å². The van der Waals surface area contributed by atoms with Gasteiger partial charge in [-0.05, 0) is 44.4 Å². The largest absolute Gasteiger partial charge is 0.450 e. The summed E-state index contributed by atoms with van der Waals surface area (Å²) >= 11 is 0. The normalized spacial score (nSPS) is 18.3. The molecule has 2 N–H and O–H groups in total. The molecule has 5 nitrogen and oxygen atoms in total. The molecule has 1 fully saturated rings. The molecule has 2 atom stereocenters. The zero-order chi connectivity index (χ0) is 17.7. The maximum atomic E-state index is 13.3. The zero-order valence-corrected chi connectivity index (χ0v) is 14.0. The minimum absolute atomic E-state index is 0.144. The standard InChI is InChI=1S/C17H24F2N2O3/c1-3-24-17(23)21-8-6-13(7-9-21)20-11(2)16(22)12-4-5-14(18)15(19)10-12/h4-5,10-11,13,16,20,22H,3,6-9H2,1-2H3/t11-,16-/m0/s1. The van der Waals surface area contributed by atoms with Crippen molar-refractivity contribution in [3.63, 3.8) is 0 Å². The first-order valence-electron chi connectivity index (χ1n) is 8.23. The highest BCUT2D eigenvalue weighted by atomic mass is 19.2. The summed E-state index contributed by atoms with van der Waals surface area (Å²) in [5, 5.41) is 13.6. The smallest absolute Gasteiger partial charge is 0.409 e. The zero-order valence-electron chi connectivity index (χ0n) is 14.0. The highest BCUT2D eigenvalue weighted by Crippen LogP contribution is 2.21. The Morgan fingerprint density at radius 3 is 2.62 bits per heavy atom. The van der Waals surface area contributed by atoms with E-state index in [1.165, 1.54) is 6.07 Å². The van der Waals surface area contributed by atoms with Crippen LogP contribution in [-0.4, -0.2) is 47.9 Å². The van der Waals surface area contributed by atoms with E-state index in [2.05, 4.69) is 5.32 Å². The van der Waals surface area contributed by atoms with Crippen LogP contribution in [0.3, 0.4) is 0 Å². The monoisotopic (exact) mass is 342 g/mol. The number of aliphatic hydroxyl groups excluding tert-OH is 1. The fourth-order valence-corrected chi connectivity index (χ4v) is 2.89. The number of amides is 1. The molecular weight excluding hydrogens is 318 g/mol. The van der Waals surface area contributed by atoms with E-state index in [1.54, 1.807) is 18.7 Å². The van der Waals surface area contributed by atoms with Crippen molar-refractivity contribution in [1.29, 1.82) is 0 Å². The van der Waals surface area contributed by atoms with E-state index in [0.717, 1.165) is 25.0 Å². The van der Waals surface area contributed by atoms with Gasteiger partial charge in [0.15, 0.2) is 11.6 Å². The molecule has 1 aliphatic rings. The number of halogens is 2. The van der Waals surface area contributed by atoms with Gasteiger partial charge in [0.05, 0.1) is 12.7 Å². The van der Waals surface area contributed by atoms with Crippen LogP contribution in [0, 0.1) is 11.6 Å². The summed E-state index contributed by atoms with van der Waals surface area (Å²) in [4.78, 5) is 13.3. The van der Waals surface area contributed by atoms with Crippen molar-refractivity contribution in [3.8, 4) is 0 Å². The Bertz CT molecular complexity index is 563. The number of likely N-dealkylation sites (tertiary alicyclic amines) is 1. The fraction of sp³-hybridized carbons (Fsp3) is 0.588. The first-order chi connectivity index (χ1) is 11.4. The lowest BCUT2D eigenvalue weighted by Crippen LogP contribution is -2.48. The van der Waals surface area contributed by atoms with Crippen LogP contribution in [0.5, 0.6) is 0 Å². The van der Waals surface area contributed by atoms with Gasteiger partial charge in [-0.2, -0.15) is 0 Å². The molecule has 0 unspecified atom stereocenters. The molecule has 0 saturated carbocycles. The van der Waals surface area contributed by atoms with E-state index < -0.39 is 17.7 Å². The van der Waals surface area contributed by atoms with Crippen LogP contribution in [0.1, 0.15) is 38.4 Å². The average molecular weight is 342 g/mol. The van der Waals surface area contributed by atoms with Gasteiger partial charge in [-0.15, -0.1) is 0 Å². The maximum Gasteiger partial charge on any atom is 0.409 e. The van der Waals surface area contributed by atoms with Gasteiger partial charge in [0.1, 0.15) is 0 Å². The number of nitrogens with one attached hydrogen (secondary N) is 1. The molecule has 0 radical (unpaired) electrons. The van der Waals surface area contributed by atoms with E-state index in [9.17, 15) is 18.7 Å². The second-order valence-electron chi connectivity index (χ2n) is 6.03. The van der Waals surface area contributed by atoms with Gasteiger partial charge in [0.2, 0.25) is 0 Å². The minimum atomic E-state index is -0.971. The van der Waals surface area contributed by atoms with Crippen LogP contribution in [0.4, 0.5) is 13.6 Å². The molecule has 134 valence electrons. The molecule has 0 spiro atoms. The van der Waals surface area contributed by atoms with Crippen molar-refractivity contribution < 1.29 is 23.4 Å². The van der Waals surface area contributed by atoms with E-state index in [0.29, 0.717) is 25.3 Å². The Morgan fingerprint density at radius 2 is 2.04 bits per heavy atom. The fourth-order valence-electron chi connectivity index (χ4n) is 2.89. The summed E-state index contributed by atoms with van der Waals surface area (Å²) in [5.41, 5.74) is 0.331. The predicted molar refractivity (Wildman–Crippen MR) is 85.5 cm³/mol. The number of carbonyl (C=O) groups is 1. The number of aliphatic hydroxyl groups is 1. The van der Waals surface area contributed by atoms with Crippen LogP contribution >= 0.6 is 0 Å². The Hall–Kier alpha value is -1.73. The lowest BCUT2D eigenvalue weighted by atomic mass is 9.99. The van der Waals surface area contributed by atoms with Crippen LogP contribution < -0.4 is 5.32 Å². The summed E-state index contributed by atoms with van der Waals surface area (Å²) < 4.78 is 31.2. The van der Waals surface area contributed by atoms with Gasteiger partial charge in [0, 0.05) is 25.2 Å². The van der Waals surface area contributed by atoms with Crippen LogP contribution in [0.15, 0.2) is 18.2 Å². The quantitative estimate of drug-likeness (QED) is 0.863. The van der Waals surface area contributed by atoms with E-state index in [4.69, 9.17) is 4.74 Å². The lowest BCUT2D eigenvalue weighted by Gasteiger charge is -2.34. The van der Waals surface area contributed by atoms with Gasteiger partial charge in [-0.3, -0.25) is 0 Å². The minimum Gasteiger partial charge on any atom is -0.450 e. The number of ether oxygens (including phenoxy) is 1. The molecule has 0 aromatic heterocycles. The van der Waals surface area contributed by atoms with Crippen molar-refractivity contribution in [2.45, 2.75) is 44.9 Å². The van der Waals surface area contributed by atoms with Gasteiger partial charge >= 0.3 is 6.09 Å². The number of piperidine rings is 1. The third kappa shape index (κ3) is 4.64. The Kier molecular flexibility index (Phi) is 6.51. The molecule has 1 aromatic carbocycles. The molecule has 0 bridgehead atoms. The maximum absolute atomic E-state index is 13.3. The third-order valence-corrected chi connectivity index (χ3v) is 4.28. The van der Waals surface area contributed by atoms with Crippen molar-refractivity contribution in [2.75, 3.05) is 19.7 Å². The second-order valence-corrected chi connectivity index (χ2v) is 6.03. The number of benzene rings is 1. The third-order valence-electron chi connectivity index (χ3n) is 4.28. The van der Waals surface area contributed by atoms with Gasteiger partial charge in [-0.1, -0.05) is 6.07 Å². The SMILES string of the molecule is CCOC(=O)N1CCC(N[C@@H](C)[C@H](O)c2ccc(F)c(F)c2)CC1. The summed E-state index contributed by atoms with van der Waals surface area (Å²) in [5.74, 6) is -1.90. The summed E-state index contributed by atoms with van der Waals surface area (Å²) in [6.07, 6.45) is 0.246. The van der Waals surface area contributed by atoms with Crippen LogP contribution in [0.25, 0.3) is 0 Å². The van der Waals surface area contributed by atoms with Crippen molar-refractivity contribution >= 4 is 6.09 Å². The first-order valence-corrected chi connectivity index (χ1v) is 8.23. The number of carbonyl (C=O) groups excluding carboxylic acids is 1. The molecule has 24 heavy (non-hydrogen) atoms. The van der Waals surface area contributed by atoms with Crippen LogP contribution in [-0.2, 0) is 4.74 Å². The molecule has 7 heteroatoms. The number of rotatable bonds is 5. The number of hydrogen-bond donors (Lipinski definition) is 2. The van der Waals surface area contributed by atoms with Gasteiger partial charge < -0.3 is 20.1 Å². The molecule has 0 aliphatic carbocycles. The van der Waals surface area contributed by atoms with Gasteiger partial charge in [0.25, 0.3) is 0 Å².